The number of thiazole rings is 1. The topological polar surface area (TPSA) is 79.3 Å². The van der Waals surface area contributed by atoms with Crippen molar-refractivity contribution >= 4 is 46.4 Å². The Hall–Kier alpha value is -1.63. The minimum atomic E-state index is -1.09. The highest BCUT2D eigenvalue weighted by molar-refractivity contribution is 7.09. The van der Waals surface area contributed by atoms with Crippen molar-refractivity contribution in [1.82, 2.24) is 10.3 Å². The summed E-state index contributed by atoms with van der Waals surface area (Å²) in [5.74, 6) is -1.43. The number of hydrogen-bond donors (Lipinski definition) is 2. The molecule has 104 valence electrons. The monoisotopic (exact) mass is 330 g/mol. The number of rotatable bonds is 4. The second-order valence-electron chi connectivity index (χ2n) is 3.74. The van der Waals surface area contributed by atoms with E-state index >= 15 is 0 Å². The molecular weight excluding hydrogens is 323 g/mol. The normalized spacial score (nSPS) is 10.3. The van der Waals surface area contributed by atoms with Gasteiger partial charge in [-0.2, -0.15) is 0 Å². The molecule has 0 saturated carbocycles. The third-order valence-electron chi connectivity index (χ3n) is 2.35. The van der Waals surface area contributed by atoms with Crippen LogP contribution in [0, 0.1) is 0 Å². The number of nitrogens with one attached hydrogen (secondary N) is 1. The molecular formula is C12H8Cl2N2O3S. The average molecular weight is 331 g/mol. The minimum absolute atomic E-state index is 0.0335. The van der Waals surface area contributed by atoms with E-state index in [2.05, 4.69) is 10.3 Å². The maximum absolute atomic E-state index is 11.9. The highest BCUT2D eigenvalue weighted by Crippen LogP contribution is 2.22. The number of carboxylic acid groups (broad SMARTS) is 1. The van der Waals surface area contributed by atoms with Crippen molar-refractivity contribution in [2.24, 2.45) is 0 Å². The maximum Gasteiger partial charge on any atom is 0.355 e. The first-order valence-electron chi connectivity index (χ1n) is 5.38. The lowest BCUT2D eigenvalue weighted by molar-refractivity contribution is 0.0691. The third kappa shape index (κ3) is 3.47. The lowest BCUT2D eigenvalue weighted by Gasteiger charge is -2.04. The lowest BCUT2D eigenvalue weighted by Crippen LogP contribution is -2.22. The van der Waals surface area contributed by atoms with Crippen LogP contribution in [0.2, 0.25) is 10.0 Å². The molecule has 2 N–H and O–H groups in total. The molecule has 0 atom stereocenters. The maximum atomic E-state index is 11.9. The lowest BCUT2D eigenvalue weighted by atomic mass is 10.2. The predicted molar refractivity (Wildman–Crippen MR) is 76.7 cm³/mol. The van der Waals surface area contributed by atoms with Gasteiger partial charge < -0.3 is 10.4 Å². The first-order chi connectivity index (χ1) is 9.47. The second kappa shape index (κ2) is 6.21. The number of aromatic nitrogens is 1. The fourth-order valence-electron chi connectivity index (χ4n) is 1.39. The number of halogens is 2. The van der Waals surface area contributed by atoms with E-state index in [1.54, 1.807) is 6.07 Å². The zero-order valence-corrected chi connectivity index (χ0v) is 12.2. The summed E-state index contributed by atoms with van der Waals surface area (Å²) in [6, 6.07) is 4.54. The first kappa shape index (κ1) is 14.8. The van der Waals surface area contributed by atoms with E-state index in [4.69, 9.17) is 28.3 Å². The summed E-state index contributed by atoms with van der Waals surface area (Å²) in [4.78, 5) is 26.4. The summed E-state index contributed by atoms with van der Waals surface area (Å²) in [5.41, 5.74) is 0.336. The van der Waals surface area contributed by atoms with Gasteiger partial charge in [-0.3, -0.25) is 4.79 Å². The van der Waals surface area contributed by atoms with Crippen LogP contribution in [0.25, 0.3) is 0 Å². The number of carboxylic acids is 1. The summed E-state index contributed by atoms with van der Waals surface area (Å²) in [7, 11) is 0. The summed E-state index contributed by atoms with van der Waals surface area (Å²) < 4.78 is 0. The molecule has 0 aliphatic carbocycles. The van der Waals surface area contributed by atoms with E-state index in [1.807, 2.05) is 0 Å². The van der Waals surface area contributed by atoms with Crippen molar-refractivity contribution in [3.8, 4) is 0 Å². The van der Waals surface area contributed by atoms with E-state index in [9.17, 15) is 9.59 Å². The van der Waals surface area contributed by atoms with Gasteiger partial charge in [-0.25, -0.2) is 9.78 Å². The fourth-order valence-corrected chi connectivity index (χ4v) is 2.39. The second-order valence-corrected chi connectivity index (χ2v) is 5.50. The Bertz CT molecular complexity index is 672. The number of amides is 1. The number of hydrogen-bond acceptors (Lipinski definition) is 4. The smallest absolute Gasteiger partial charge is 0.355 e. The van der Waals surface area contributed by atoms with Crippen molar-refractivity contribution in [3.63, 3.8) is 0 Å². The van der Waals surface area contributed by atoms with E-state index in [0.29, 0.717) is 20.6 Å². The molecule has 0 aliphatic rings. The van der Waals surface area contributed by atoms with Gasteiger partial charge in [-0.05, 0) is 18.2 Å². The minimum Gasteiger partial charge on any atom is -0.476 e. The van der Waals surface area contributed by atoms with Gasteiger partial charge in [0, 0.05) is 10.9 Å². The van der Waals surface area contributed by atoms with Crippen molar-refractivity contribution in [2.45, 2.75) is 6.54 Å². The zero-order valence-electron chi connectivity index (χ0n) is 9.89. The number of benzene rings is 1. The summed E-state index contributed by atoms with van der Waals surface area (Å²) in [6.45, 7) is 0.150. The fraction of sp³-hybridized carbons (Fsp3) is 0.0833. The molecule has 2 rings (SSSR count). The molecule has 8 heteroatoms. The van der Waals surface area contributed by atoms with Crippen LogP contribution in [0.3, 0.4) is 0 Å². The SMILES string of the molecule is O=C(NCc1nc(C(=O)O)cs1)c1ccc(Cl)c(Cl)c1. The molecule has 0 radical (unpaired) electrons. The van der Waals surface area contributed by atoms with Crippen LogP contribution >= 0.6 is 34.5 Å². The van der Waals surface area contributed by atoms with Crippen molar-refractivity contribution in [1.29, 1.82) is 0 Å². The molecule has 2 aromatic rings. The van der Waals surface area contributed by atoms with Gasteiger partial charge >= 0.3 is 5.97 Å². The number of nitrogens with zero attached hydrogens (tertiary/aromatic N) is 1. The third-order valence-corrected chi connectivity index (χ3v) is 3.94. The van der Waals surface area contributed by atoms with Gasteiger partial charge in [0.2, 0.25) is 0 Å². The van der Waals surface area contributed by atoms with Crippen LogP contribution in [-0.4, -0.2) is 22.0 Å². The molecule has 1 heterocycles. The average Bonchev–Trinajstić information content (AvgIpc) is 2.88. The number of carbonyl (C=O) groups is 2. The van der Waals surface area contributed by atoms with Gasteiger partial charge in [0.25, 0.3) is 5.91 Å². The highest BCUT2D eigenvalue weighted by atomic mass is 35.5. The van der Waals surface area contributed by atoms with Gasteiger partial charge in [-0.1, -0.05) is 23.2 Å². The van der Waals surface area contributed by atoms with Crippen molar-refractivity contribution in [2.75, 3.05) is 0 Å². The van der Waals surface area contributed by atoms with E-state index in [-0.39, 0.29) is 18.1 Å². The molecule has 0 bridgehead atoms. The standard InChI is InChI=1S/C12H8Cl2N2O3S/c13-7-2-1-6(3-8(7)14)11(17)15-4-10-16-9(5-20-10)12(18)19/h1-3,5H,4H2,(H,15,17)(H,18,19). The molecule has 0 fully saturated rings. The van der Waals surface area contributed by atoms with E-state index < -0.39 is 5.97 Å². The Kier molecular flexibility index (Phi) is 4.59. The highest BCUT2D eigenvalue weighted by Gasteiger charge is 2.11. The van der Waals surface area contributed by atoms with E-state index in [1.165, 1.54) is 28.8 Å². The number of aromatic carboxylic acids is 1. The molecule has 1 amide bonds. The molecule has 0 aliphatic heterocycles. The number of carbonyl (C=O) groups excluding carboxylic acids is 1. The van der Waals surface area contributed by atoms with Gasteiger partial charge in [0.15, 0.2) is 5.69 Å². The predicted octanol–water partition coefficient (Wildman–Crippen LogP) is 3.08. The summed E-state index contributed by atoms with van der Waals surface area (Å²) >= 11 is 12.8. The van der Waals surface area contributed by atoms with Gasteiger partial charge in [0.1, 0.15) is 5.01 Å². The van der Waals surface area contributed by atoms with Crippen LogP contribution < -0.4 is 5.32 Å². The van der Waals surface area contributed by atoms with Crippen LogP contribution in [-0.2, 0) is 6.54 Å². The van der Waals surface area contributed by atoms with Crippen molar-refractivity contribution in [3.05, 3.63) is 49.9 Å². The van der Waals surface area contributed by atoms with Crippen LogP contribution in [0.4, 0.5) is 0 Å². The molecule has 1 aromatic heterocycles. The summed E-state index contributed by atoms with van der Waals surface area (Å²) in [5, 5.41) is 14.0. The molecule has 20 heavy (non-hydrogen) atoms. The van der Waals surface area contributed by atoms with Crippen LogP contribution in [0.1, 0.15) is 25.9 Å². The van der Waals surface area contributed by atoms with Crippen LogP contribution in [0.15, 0.2) is 23.6 Å². The Labute approximate surface area is 128 Å². The largest absolute Gasteiger partial charge is 0.476 e. The zero-order chi connectivity index (χ0) is 14.7. The van der Waals surface area contributed by atoms with Crippen molar-refractivity contribution < 1.29 is 14.7 Å². The Morgan fingerprint density at radius 1 is 1.30 bits per heavy atom. The van der Waals surface area contributed by atoms with Gasteiger partial charge in [0.05, 0.1) is 16.6 Å². The molecule has 0 spiro atoms. The molecule has 1 aromatic carbocycles. The molecule has 5 nitrogen and oxygen atoms in total. The van der Waals surface area contributed by atoms with Crippen LogP contribution in [0.5, 0.6) is 0 Å². The Balaban J connectivity index is 2.00. The Morgan fingerprint density at radius 2 is 2.05 bits per heavy atom. The quantitative estimate of drug-likeness (QED) is 0.902. The van der Waals surface area contributed by atoms with Gasteiger partial charge in [-0.15, -0.1) is 11.3 Å². The van der Waals surface area contributed by atoms with E-state index in [0.717, 1.165) is 0 Å². The molecule has 0 unspecified atom stereocenters. The summed E-state index contributed by atoms with van der Waals surface area (Å²) in [6.07, 6.45) is 0. The first-order valence-corrected chi connectivity index (χ1v) is 7.02. The molecule has 0 saturated heterocycles. The Morgan fingerprint density at radius 3 is 2.65 bits per heavy atom.